The second-order valence-electron chi connectivity index (χ2n) is 4.65. The summed E-state index contributed by atoms with van der Waals surface area (Å²) in [6, 6.07) is 7.53. The topological polar surface area (TPSA) is 56.1 Å². The summed E-state index contributed by atoms with van der Waals surface area (Å²) in [6.07, 6.45) is 0. The van der Waals surface area contributed by atoms with Gasteiger partial charge in [-0.15, -0.1) is 0 Å². The molecule has 5 heteroatoms. The number of aromatic nitrogens is 2. The van der Waals surface area contributed by atoms with E-state index in [1.165, 1.54) is 0 Å². The van der Waals surface area contributed by atoms with Gasteiger partial charge < -0.3 is 10.1 Å². The maximum atomic E-state index is 11.6. The van der Waals surface area contributed by atoms with Gasteiger partial charge in [0.05, 0.1) is 0 Å². The van der Waals surface area contributed by atoms with Gasteiger partial charge in [-0.2, -0.15) is 5.10 Å². The Bertz CT molecular complexity index is 627. The van der Waals surface area contributed by atoms with Crippen LogP contribution >= 0.6 is 0 Å². The minimum Gasteiger partial charge on any atom is -0.487 e. The predicted octanol–water partition coefficient (Wildman–Crippen LogP) is 1.55. The van der Waals surface area contributed by atoms with Crippen LogP contribution < -0.4 is 10.1 Å². The van der Waals surface area contributed by atoms with Crippen LogP contribution in [0.3, 0.4) is 0 Å². The number of hydrogen-bond donors (Lipinski definition) is 1. The molecule has 0 radical (unpaired) electrons. The average Bonchev–Trinajstić information content (AvgIpc) is 2.92. The second kappa shape index (κ2) is 4.42. The van der Waals surface area contributed by atoms with Gasteiger partial charge in [0.25, 0.3) is 5.91 Å². The lowest BCUT2D eigenvalue weighted by molar-refractivity contribution is 0.0966. The van der Waals surface area contributed by atoms with E-state index in [2.05, 4.69) is 10.4 Å². The van der Waals surface area contributed by atoms with Gasteiger partial charge in [0.1, 0.15) is 18.1 Å². The third-order valence-corrected chi connectivity index (χ3v) is 3.34. The van der Waals surface area contributed by atoms with Crippen molar-refractivity contribution >= 4 is 5.91 Å². The molecule has 1 aliphatic rings. The number of amides is 1. The first kappa shape index (κ1) is 11.8. The van der Waals surface area contributed by atoms with Gasteiger partial charge in [0, 0.05) is 30.4 Å². The van der Waals surface area contributed by atoms with E-state index in [1.54, 1.807) is 0 Å². The van der Waals surface area contributed by atoms with E-state index >= 15 is 0 Å². The third-order valence-electron chi connectivity index (χ3n) is 3.34. The van der Waals surface area contributed by atoms with Crippen LogP contribution in [-0.4, -0.2) is 15.7 Å². The van der Waals surface area contributed by atoms with Crippen molar-refractivity contribution in [2.45, 2.75) is 20.1 Å². The summed E-state index contributed by atoms with van der Waals surface area (Å²) in [5.41, 5.74) is 3.61. The average molecular weight is 257 g/mol. The first-order valence-corrected chi connectivity index (χ1v) is 6.17. The van der Waals surface area contributed by atoms with Crippen LogP contribution in [0.5, 0.6) is 5.75 Å². The standard InChI is InChI=1S/C14H15N3O2/c1-9-6-10(16-17(9)2)8-19-13-5-3-4-11-12(13)7-15-14(11)18/h3-6H,7-8H2,1-2H3,(H,15,18). The fraction of sp³-hybridized carbons (Fsp3) is 0.286. The fourth-order valence-electron chi connectivity index (χ4n) is 2.22. The third kappa shape index (κ3) is 2.07. The second-order valence-corrected chi connectivity index (χ2v) is 4.65. The molecule has 0 atom stereocenters. The zero-order valence-electron chi connectivity index (χ0n) is 10.9. The molecule has 2 heterocycles. The van der Waals surface area contributed by atoms with Crippen molar-refractivity contribution in [3.63, 3.8) is 0 Å². The zero-order valence-corrected chi connectivity index (χ0v) is 10.9. The van der Waals surface area contributed by atoms with E-state index in [-0.39, 0.29) is 5.91 Å². The molecule has 0 aliphatic carbocycles. The number of nitrogens with zero attached hydrogens (tertiary/aromatic N) is 2. The summed E-state index contributed by atoms with van der Waals surface area (Å²) >= 11 is 0. The Kier molecular flexibility index (Phi) is 2.74. The highest BCUT2D eigenvalue weighted by molar-refractivity contribution is 5.99. The Morgan fingerprint density at radius 1 is 1.47 bits per heavy atom. The lowest BCUT2D eigenvalue weighted by Crippen LogP contribution is -2.12. The number of carbonyl (C=O) groups is 1. The Labute approximate surface area is 111 Å². The van der Waals surface area contributed by atoms with Gasteiger partial charge >= 0.3 is 0 Å². The molecular formula is C14H15N3O2. The quantitative estimate of drug-likeness (QED) is 0.907. The number of benzene rings is 1. The number of rotatable bonds is 3. The Balaban J connectivity index is 1.79. The molecule has 0 spiro atoms. The molecule has 1 N–H and O–H groups in total. The number of ether oxygens (including phenoxy) is 1. The highest BCUT2D eigenvalue weighted by Crippen LogP contribution is 2.26. The van der Waals surface area contributed by atoms with Crippen molar-refractivity contribution in [3.8, 4) is 5.75 Å². The molecule has 0 saturated carbocycles. The maximum absolute atomic E-state index is 11.6. The largest absolute Gasteiger partial charge is 0.487 e. The van der Waals surface area contributed by atoms with Gasteiger partial charge in [-0.25, -0.2) is 0 Å². The van der Waals surface area contributed by atoms with Crippen LogP contribution in [0.1, 0.15) is 27.3 Å². The molecule has 0 unspecified atom stereocenters. The van der Waals surface area contributed by atoms with Crippen LogP contribution in [0.2, 0.25) is 0 Å². The van der Waals surface area contributed by atoms with E-state index in [0.717, 1.165) is 22.7 Å². The van der Waals surface area contributed by atoms with Gasteiger partial charge in [-0.3, -0.25) is 9.48 Å². The molecule has 19 heavy (non-hydrogen) atoms. The van der Waals surface area contributed by atoms with Gasteiger partial charge in [0.2, 0.25) is 0 Å². The fourth-order valence-corrected chi connectivity index (χ4v) is 2.22. The van der Waals surface area contributed by atoms with Gasteiger partial charge in [0.15, 0.2) is 0 Å². The molecule has 1 aliphatic heterocycles. The smallest absolute Gasteiger partial charge is 0.252 e. The number of hydrogen-bond acceptors (Lipinski definition) is 3. The minimum absolute atomic E-state index is 0.0332. The minimum atomic E-state index is -0.0332. The Morgan fingerprint density at radius 3 is 3.05 bits per heavy atom. The van der Waals surface area contributed by atoms with Gasteiger partial charge in [-0.1, -0.05) is 6.07 Å². The summed E-state index contributed by atoms with van der Waals surface area (Å²) in [4.78, 5) is 11.6. The molecule has 0 saturated heterocycles. The number of fused-ring (bicyclic) bond motifs is 1. The predicted molar refractivity (Wildman–Crippen MR) is 69.9 cm³/mol. The molecular weight excluding hydrogens is 242 g/mol. The monoisotopic (exact) mass is 257 g/mol. The summed E-state index contributed by atoms with van der Waals surface area (Å²) < 4.78 is 7.60. The van der Waals surface area contributed by atoms with E-state index in [0.29, 0.717) is 18.7 Å². The van der Waals surface area contributed by atoms with Crippen molar-refractivity contribution in [1.29, 1.82) is 0 Å². The lowest BCUT2D eigenvalue weighted by Gasteiger charge is -2.08. The number of aryl methyl sites for hydroxylation is 2. The van der Waals surface area contributed by atoms with E-state index in [4.69, 9.17) is 4.74 Å². The molecule has 98 valence electrons. The molecule has 5 nitrogen and oxygen atoms in total. The number of nitrogens with one attached hydrogen (secondary N) is 1. The highest BCUT2D eigenvalue weighted by atomic mass is 16.5. The highest BCUT2D eigenvalue weighted by Gasteiger charge is 2.22. The van der Waals surface area contributed by atoms with E-state index in [1.807, 2.05) is 42.9 Å². The van der Waals surface area contributed by atoms with E-state index in [9.17, 15) is 4.79 Å². The van der Waals surface area contributed by atoms with E-state index < -0.39 is 0 Å². The first-order chi connectivity index (χ1) is 9.15. The van der Waals surface area contributed by atoms with Crippen molar-refractivity contribution in [3.05, 3.63) is 46.8 Å². The molecule has 2 aromatic rings. The zero-order chi connectivity index (χ0) is 13.4. The van der Waals surface area contributed by atoms with Crippen LogP contribution in [-0.2, 0) is 20.2 Å². The Hall–Kier alpha value is -2.30. The van der Waals surface area contributed by atoms with Crippen LogP contribution in [0, 0.1) is 6.92 Å². The molecule has 3 rings (SSSR count). The molecule has 1 aromatic carbocycles. The van der Waals surface area contributed by atoms with Crippen LogP contribution in [0.15, 0.2) is 24.3 Å². The van der Waals surface area contributed by atoms with Crippen LogP contribution in [0.25, 0.3) is 0 Å². The summed E-state index contributed by atoms with van der Waals surface area (Å²) in [7, 11) is 1.90. The molecule has 0 fully saturated rings. The Morgan fingerprint density at radius 2 is 2.32 bits per heavy atom. The lowest BCUT2D eigenvalue weighted by atomic mass is 10.1. The van der Waals surface area contributed by atoms with Crippen molar-refractivity contribution in [1.82, 2.24) is 15.1 Å². The van der Waals surface area contributed by atoms with Crippen LogP contribution in [0.4, 0.5) is 0 Å². The summed E-state index contributed by atoms with van der Waals surface area (Å²) in [5, 5.41) is 7.14. The van der Waals surface area contributed by atoms with Gasteiger partial charge in [-0.05, 0) is 25.1 Å². The normalized spacial score (nSPS) is 13.3. The molecule has 1 aromatic heterocycles. The molecule has 1 amide bonds. The molecule has 0 bridgehead atoms. The summed E-state index contributed by atoms with van der Waals surface area (Å²) in [5.74, 6) is 0.716. The first-order valence-electron chi connectivity index (χ1n) is 6.17. The van der Waals surface area contributed by atoms with Crippen molar-refractivity contribution in [2.24, 2.45) is 7.05 Å². The SMILES string of the molecule is Cc1cc(COc2cccc3c2CNC3=O)nn1C. The summed E-state index contributed by atoms with van der Waals surface area (Å²) in [6.45, 7) is 2.94. The number of carbonyl (C=O) groups excluding carboxylic acids is 1. The maximum Gasteiger partial charge on any atom is 0.252 e. The van der Waals surface area contributed by atoms with Crippen molar-refractivity contribution in [2.75, 3.05) is 0 Å². The van der Waals surface area contributed by atoms with Crippen molar-refractivity contribution < 1.29 is 9.53 Å².